The SMILES string of the molecule is CN(CC(N)=O)C(=O)c1ccc(Cl)nn1. The highest BCUT2D eigenvalue weighted by atomic mass is 35.5. The zero-order chi connectivity index (χ0) is 11.4. The molecule has 15 heavy (non-hydrogen) atoms. The van der Waals surface area contributed by atoms with Gasteiger partial charge < -0.3 is 10.6 Å². The first kappa shape index (κ1) is 11.4. The molecule has 0 aromatic carbocycles. The summed E-state index contributed by atoms with van der Waals surface area (Å²) in [6.07, 6.45) is 0. The molecule has 80 valence electrons. The minimum absolute atomic E-state index is 0.114. The molecule has 1 rings (SSSR count). The average molecular weight is 229 g/mol. The van der Waals surface area contributed by atoms with E-state index in [9.17, 15) is 9.59 Å². The van der Waals surface area contributed by atoms with E-state index in [1.807, 2.05) is 0 Å². The summed E-state index contributed by atoms with van der Waals surface area (Å²) in [4.78, 5) is 23.3. The van der Waals surface area contributed by atoms with Crippen molar-refractivity contribution >= 4 is 23.4 Å². The van der Waals surface area contributed by atoms with Gasteiger partial charge in [0, 0.05) is 7.05 Å². The van der Waals surface area contributed by atoms with Gasteiger partial charge in [0.2, 0.25) is 5.91 Å². The Morgan fingerprint density at radius 1 is 1.47 bits per heavy atom. The maximum Gasteiger partial charge on any atom is 0.274 e. The standard InChI is InChI=1S/C8H9ClN4O2/c1-13(4-7(10)14)8(15)5-2-3-6(9)12-11-5/h2-3H,4H2,1H3,(H2,10,14). The normalized spacial score (nSPS) is 9.73. The monoisotopic (exact) mass is 228 g/mol. The molecule has 0 unspecified atom stereocenters. The molecule has 0 atom stereocenters. The Balaban J connectivity index is 2.76. The lowest BCUT2D eigenvalue weighted by Gasteiger charge is -2.13. The smallest absolute Gasteiger partial charge is 0.274 e. The Bertz CT molecular complexity index is 379. The lowest BCUT2D eigenvalue weighted by Crippen LogP contribution is -2.35. The van der Waals surface area contributed by atoms with E-state index in [4.69, 9.17) is 17.3 Å². The van der Waals surface area contributed by atoms with Crippen molar-refractivity contribution < 1.29 is 9.59 Å². The summed E-state index contributed by atoms with van der Waals surface area (Å²) in [6, 6.07) is 2.87. The van der Waals surface area contributed by atoms with E-state index in [0.29, 0.717) is 0 Å². The fourth-order valence-corrected chi connectivity index (χ4v) is 1.03. The van der Waals surface area contributed by atoms with Crippen LogP contribution in [-0.4, -0.2) is 40.5 Å². The number of aromatic nitrogens is 2. The molecule has 7 heteroatoms. The van der Waals surface area contributed by atoms with Crippen molar-refractivity contribution in [2.75, 3.05) is 13.6 Å². The molecule has 0 aliphatic heterocycles. The maximum atomic E-state index is 11.6. The van der Waals surface area contributed by atoms with Crippen molar-refractivity contribution in [3.63, 3.8) is 0 Å². The number of carbonyl (C=O) groups excluding carboxylic acids is 2. The molecular weight excluding hydrogens is 220 g/mol. The van der Waals surface area contributed by atoms with Crippen molar-refractivity contribution in [3.8, 4) is 0 Å². The predicted octanol–water partition coefficient (Wildman–Crippen LogP) is -0.313. The van der Waals surface area contributed by atoms with Crippen LogP contribution in [0.4, 0.5) is 0 Å². The fourth-order valence-electron chi connectivity index (χ4n) is 0.931. The fraction of sp³-hybridized carbons (Fsp3) is 0.250. The number of hydrogen-bond acceptors (Lipinski definition) is 4. The van der Waals surface area contributed by atoms with Gasteiger partial charge in [-0.3, -0.25) is 9.59 Å². The van der Waals surface area contributed by atoms with Crippen LogP contribution in [0.5, 0.6) is 0 Å². The third-order valence-corrected chi connectivity index (χ3v) is 1.79. The predicted molar refractivity (Wildman–Crippen MR) is 53.2 cm³/mol. The number of hydrogen-bond donors (Lipinski definition) is 1. The Morgan fingerprint density at radius 2 is 2.13 bits per heavy atom. The third-order valence-electron chi connectivity index (χ3n) is 1.59. The van der Waals surface area contributed by atoms with E-state index >= 15 is 0 Å². The van der Waals surface area contributed by atoms with Gasteiger partial charge in [-0.1, -0.05) is 11.6 Å². The topological polar surface area (TPSA) is 89.2 Å². The third kappa shape index (κ3) is 3.17. The first-order valence-corrected chi connectivity index (χ1v) is 4.41. The van der Waals surface area contributed by atoms with Crippen LogP contribution in [0.15, 0.2) is 12.1 Å². The van der Waals surface area contributed by atoms with Crippen LogP contribution in [0.1, 0.15) is 10.5 Å². The van der Waals surface area contributed by atoms with Gasteiger partial charge in [0.1, 0.15) is 0 Å². The zero-order valence-electron chi connectivity index (χ0n) is 7.98. The number of carbonyl (C=O) groups is 2. The van der Waals surface area contributed by atoms with Gasteiger partial charge >= 0.3 is 0 Å². The second-order valence-electron chi connectivity index (χ2n) is 2.87. The minimum atomic E-state index is -0.590. The number of primary amides is 1. The molecule has 1 aromatic rings. The van der Waals surface area contributed by atoms with Gasteiger partial charge in [0.25, 0.3) is 5.91 Å². The molecule has 6 nitrogen and oxygen atoms in total. The molecule has 0 fully saturated rings. The number of likely N-dealkylation sites (N-methyl/N-ethyl adjacent to an activating group) is 1. The lowest BCUT2D eigenvalue weighted by atomic mass is 10.3. The summed E-state index contributed by atoms with van der Waals surface area (Å²) >= 11 is 5.51. The molecule has 0 radical (unpaired) electrons. The Hall–Kier alpha value is -1.69. The Kier molecular flexibility index (Phi) is 3.56. The van der Waals surface area contributed by atoms with Gasteiger partial charge in [-0.05, 0) is 12.1 Å². The summed E-state index contributed by atoms with van der Waals surface area (Å²) in [5, 5.41) is 7.29. The van der Waals surface area contributed by atoms with Crippen LogP contribution < -0.4 is 5.73 Å². The highest BCUT2D eigenvalue weighted by Gasteiger charge is 2.14. The molecule has 0 spiro atoms. The van der Waals surface area contributed by atoms with Crippen LogP contribution in [0.3, 0.4) is 0 Å². The summed E-state index contributed by atoms with van der Waals surface area (Å²) in [5.74, 6) is -1.02. The zero-order valence-corrected chi connectivity index (χ0v) is 8.73. The average Bonchev–Trinajstić information content (AvgIpc) is 2.17. The molecule has 1 heterocycles. The van der Waals surface area contributed by atoms with Gasteiger partial charge in [-0.2, -0.15) is 0 Å². The van der Waals surface area contributed by atoms with E-state index in [-0.39, 0.29) is 17.4 Å². The number of nitrogens with zero attached hydrogens (tertiary/aromatic N) is 3. The molecular formula is C8H9ClN4O2. The summed E-state index contributed by atoms with van der Waals surface area (Å²) in [7, 11) is 1.45. The van der Waals surface area contributed by atoms with E-state index in [2.05, 4.69) is 10.2 Å². The highest BCUT2D eigenvalue weighted by molar-refractivity contribution is 6.29. The summed E-state index contributed by atoms with van der Waals surface area (Å²) < 4.78 is 0. The van der Waals surface area contributed by atoms with Crippen LogP contribution in [0.25, 0.3) is 0 Å². The van der Waals surface area contributed by atoms with Crippen molar-refractivity contribution in [2.45, 2.75) is 0 Å². The van der Waals surface area contributed by atoms with Crippen molar-refractivity contribution in [1.82, 2.24) is 15.1 Å². The minimum Gasteiger partial charge on any atom is -0.368 e. The van der Waals surface area contributed by atoms with Crippen LogP contribution >= 0.6 is 11.6 Å². The number of amides is 2. The first-order valence-electron chi connectivity index (χ1n) is 4.03. The number of rotatable bonds is 3. The molecule has 2 amide bonds. The molecule has 0 saturated carbocycles. The quantitative estimate of drug-likeness (QED) is 0.768. The highest BCUT2D eigenvalue weighted by Crippen LogP contribution is 2.04. The molecule has 1 aromatic heterocycles. The lowest BCUT2D eigenvalue weighted by molar-refractivity contribution is -0.118. The van der Waals surface area contributed by atoms with Crippen molar-refractivity contribution in [2.24, 2.45) is 5.73 Å². The summed E-state index contributed by atoms with van der Waals surface area (Å²) in [5.41, 5.74) is 5.06. The molecule has 0 saturated heterocycles. The maximum absolute atomic E-state index is 11.6. The van der Waals surface area contributed by atoms with Gasteiger partial charge in [0.05, 0.1) is 6.54 Å². The van der Waals surface area contributed by atoms with Gasteiger partial charge in [-0.15, -0.1) is 10.2 Å². The van der Waals surface area contributed by atoms with Crippen LogP contribution in [0, 0.1) is 0 Å². The first-order chi connectivity index (χ1) is 7.00. The van der Waals surface area contributed by atoms with E-state index in [1.165, 1.54) is 19.2 Å². The van der Waals surface area contributed by atoms with E-state index in [0.717, 1.165) is 4.90 Å². The van der Waals surface area contributed by atoms with Crippen molar-refractivity contribution in [1.29, 1.82) is 0 Å². The van der Waals surface area contributed by atoms with Gasteiger partial charge in [-0.25, -0.2) is 0 Å². The van der Waals surface area contributed by atoms with E-state index < -0.39 is 11.8 Å². The largest absolute Gasteiger partial charge is 0.368 e. The number of halogens is 1. The molecule has 0 aliphatic rings. The summed E-state index contributed by atoms with van der Waals surface area (Å²) in [6.45, 7) is -0.164. The Labute approximate surface area is 91.0 Å². The van der Waals surface area contributed by atoms with Crippen molar-refractivity contribution in [3.05, 3.63) is 23.0 Å². The van der Waals surface area contributed by atoms with E-state index in [1.54, 1.807) is 0 Å². The van der Waals surface area contributed by atoms with Crippen LogP contribution in [-0.2, 0) is 4.79 Å². The molecule has 2 N–H and O–H groups in total. The second kappa shape index (κ2) is 4.70. The molecule has 0 bridgehead atoms. The number of nitrogens with two attached hydrogens (primary N) is 1. The second-order valence-corrected chi connectivity index (χ2v) is 3.26. The Morgan fingerprint density at radius 3 is 2.60 bits per heavy atom. The molecule has 0 aliphatic carbocycles. The van der Waals surface area contributed by atoms with Gasteiger partial charge in [0.15, 0.2) is 10.8 Å². The van der Waals surface area contributed by atoms with Crippen LogP contribution in [0.2, 0.25) is 5.15 Å².